The molecule has 142 valence electrons. The molecule has 0 aromatic carbocycles. The second kappa shape index (κ2) is 7.91. The van der Waals surface area contributed by atoms with Gasteiger partial charge in [-0.2, -0.15) is 0 Å². The summed E-state index contributed by atoms with van der Waals surface area (Å²) in [6.45, 7) is 5.43. The molecule has 2 aliphatic heterocycles. The van der Waals surface area contributed by atoms with Crippen LogP contribution >= 0.6 is 0 Å². The molecule has 1 aliphatic carbocycles. The summed E-state index contributed by atoms with van der Waals surface area (Å²) in [6, 6.07) is 0. The molecule has 3 heterocycles. The third-order valence-electron chi connectivity index (χ3n) is 6.54. The van der Waals surface area contributed by atoms with Gasteiger partial charge in [0.2, 0.25) is 5.88 Å². The van der Waals surface area contributed by atoms with Crippen molar-refractivity contribution >= 4 is 5.91 Å². The highest BCUT2D eigenvalue weighted by molar-refractivity contribution is 5.92. The Kier molecular flexibility index (Phi) is 5.38. The van der Waals surface area contributed by atoms with E-state index in [4.69, 9.17) is 4.74 Å². The fourth-order valence-electron chi connectivity index (χ4n) is 5.00. The van der Waals surface area contributed by atoms with E-state index in [0.29, 0.717) is 23.4 Å². The SMILES string of the molecule is COc1cnc(C(=O)N2C[C@H]3CCN(CC4CCCC4)CC[C@H]3C2)cn1. The van der Waals surface area contributed by atoms with Crippen LogP contribution in [0.2, 0.25) is 0 Å². The van der Waals surface area contributed by atoms with E-state index in [0.717, 1.165) is 19.0 Å². The average molecular weight is 358 g/mol. The summed E-state index contributed by atoms with van der Waals surface area (Å²) in [5.41, 5.74) is 0.421. The molecule has 0 spiro atoms. The number of hydrogen-bond donors (Lipinski definition) is 0. The maximum absolute atomic E-state index is 12.7. The first-order chi connectivity index (χ1) is 12.7. The number of fused-ring (bicyclic) bond motifs is 1. The van der Waals surface area contributed by atoms with Crippen molar-refractivity contribution in [3.8, 4) is 5.88 Å². The fourth-order valence-corrected chi connectivity index (χ4v) is 5.00. The summed E-state index contributed by atoms with van der Waals surface area (Å²) < 4.78 is 5.02. The maximum atomic E-state index is 12.7. The summed E-state index contributed by atoms with van der Waals surface area (Å²) in [7, 11) is 1.55. The van der Waals surface area contributed by atoms with Gasteiger partial charge in [0.05, 0.1) is 19.5 Å². The second-order valence-electron chi connectivity index (χ2n) is 8.20. The lowest BCUT2D eigenvalue weighted by atomic mass is 9.92. The van der Waals surface area contributed by atoms with Crippen molar-refractivity contribution in [3.63, 3.8) is 0 Å². The van der Waals surface area contributed by atoms with E-state index in [-0.39, 0.29) is 5.91 Å². The average Bonchev–Trinajstić information content (AvgIpc) is 3.29. The Morgan fingerprint density at radius 1 is 1.08 bits per heavy atom. The molecule has 3 aliphatic rings. The Bertz CT molecular complexity index is 599. The molecule has 2 saturated heterocycles. The summed E-state index contributed by atoms with van der Waals surface area (Å²) in [5, 5.41) is 0. The Morgan fingerprint density at radius 2 is 1.77 bits per heavy atom. The van der Waals surface area contributed by atoms with Crippen LogP contribution in [0, 0.1) is 17.8 Å². The van der Waals surface area contributed by atoms with Gasteiger partial charge in [0.15, 0.2) is 0 Å². The predicted molar refractivity (Wildman–Crippen MR) is 99.1 cm³/mol. The standard InChI is InChI=1S/C20H30N4O2/c1-26-19-11-21-18(10-22-19)20(25)24-13-16-6-8-23(9-7-17(16)14-24)12-15-4-2-3-5-15/h10-11,15-17H,2-9,12-14H2,1H3/t16-,17+. The van der Waals surface area contributed by atoms with E-state index in [1.165, 1.54) is 70.6 Å². The molecular formula is C20H30N4O2. The van der Waals surface area contributed by atoms with Crippen molar-refractivity contribution in [2.24, 2.45) is 17.8 Å². The molecule has 0 radical (unpaired) electrons. The molecule has 0 unspecified atom stereocenters. The zero-order chi connectivity index (χ0) is 17.9. The van der Waals surface area contributed by atoms with E-state index >= 15 is 0 Å². The van der Waals surface area contributed by atoms with Crippen LogP contribution in [0.3, 0.4) is 0 Å². The van der Waals surface area contributed by atoms with E-state index in [9.17, 15) is 4.79 Å². The molecule has 6 nitrogen and oxygen atoms in total. The maximum Gasteiger partial charge on any atom is 0.274 e. The van der Waals surface area contributed by atoms with Gasteiger partial charge in [-0.15, -0.1) is 0 Å². The number of ether oxygens (including phenoxy) is 1. The molecule has 3 fully saturated rings. The van der Waals surface area contributed by atoms with Crippen LogP contribution in [0.1, 0.15) is 49.0 Å². The minimum atomic E-state index is 0.0102. The zero-order valence-electron chi connectivity index (χ0n) is 15.8. The number of carbonyl (C=O) groups excluding carboxylic acids is 1. The van der Waals surface area contributed by atoms with Crippen molar-refractivity contribution in [2.75, 3.05) is 39.8 Å². The molecule has 2 atom stereocenters. The smallest absolute Gasteiger partial charge is 0.274 e. The third kappa shape index (κ3) is 3.85. The minimum Gasteiger partial charge on any atom is -0.480 e. The van der Waals surface area contributed by atoms with Gasteiger partial charge in [0.25, 0.3) is 5.91 Å². The first-order valence-electron chi connectivity index (χ1n) is 10.1. The molecule has 1 aromatic rings. The number of carbonyl (C=O) groups is 1. The van der Waals surface area contributed by atoms with Crippen LogP contribution in [0.4, 0.5) is 0 Å². The van der Waals surface area contributed by atoms with Gasteiger partial charge >= 0.3 is 0 Å². The Balaban J connectivity index is 1.31. The number of rotatable bonds is 4. The largest absolute Gasteiger partial charge is 0.480 e. The predicted octanol–water partition coefficient (Wildman–Crippen LogP) is 2.46. The number of methoxy groups -OCH3 is 1. The van der Waals surface area contributed by atoms with Crippen LogP contribution in [0.5, 0.6) is 5.88 Å². The van der Waals surface area contributed by atoms with Gasteiger partial charge in [-0.1, -0.05) is 12.8 Å². The molecule has 1 aromatic heterocycles. The first-order valence-corrected chi connectivity index (χ1v) is 10.1. The zero-order valence-corrected chi connectivity index (χ0v) is 15.8. The molecule has 1 saturated carbocycles. The van der Waals surface area contributed by atoms with E-state index in [1.807, 2.05) is 4.90 Å². The Hall–Kier alpha value is -1.69. The summed E-state index contributed by atoms with van der Waals surface area (Å²) in [4.78, 5) is 25.7. The topological polar surface area (TPSA) is 58.6 Å². The van der Waals surface area contributed by atoms with Gasteiger partial charge < -0.3 is 14.5 Å². The number of hydrogen-bond acceptors (Lipinski definition) is 5. The van der Waals surface area contributed by atoms with Crippen molar-refractivity contribution in [1.29, 1.82) is 0 Å². The van der Waals surface area contributed by atoms with Crippen molar-refractivity contribution in [3.05, 3.63) is 18.1 Å². The van der Waals surface area contributed by atoms with Crippen molar-refractivity contribution in [1.82, 2.24) is 19.8 Å². The minimum absolute atomic E-state index is 0.0102. The number of aromatic nitrogens is 2. The van der Waals surface area contributed by atoms with E-state index in [1.54, 1.807) is 7.11 Å². The lowest BCUT2D eigenvalue weighted by Gasteiger charge is -2.24. The summed E-state index contributed by atoms with van der Waals surface area (Å²) >= 11 is 0. The fraction of sp³-hybridized carbons (Fsp3) is 0.750. The molecule has 1 amide bonds. The van der Waals surface area contributed by atoms with Crippen molar-refractivity contribution < 1.29 is 9.53 Å². The third-order valence-corrected chi connectivity index (χ3v) is 6.54. The van der Waals surface area contributed by atoms with Crippen LogP contribution in [-0.4, -0.2) is 65.5 Å². The van der Waals surface area contributed by atoms with Gasteiger partial charge in [0.1, 0.15) is 5.69 Å². The van der Waals surface area contributed by atoms with E-state index < -0.39 is 0 Å². The van der Waals surface area contributed by atoms with E-state index in [2.05, 4.69) is 14.9 Å². The Labute approximate surface area is 155 Å². The molecule has 26 heavy (non-hydrogen) atoms. The molecule has 4 rings (SSSR count). The van der Waals surface area contributed by atoms with Gasteiger partial charge in [-0.25, -0.2) is 9.97 Å². The molecular weight excluding hydrogens is 328 g/mol. The number of likely N-dealkylation sites (tertiary alicyclic amines) is 2. The number of nitrogens with zero attached hydrogens (tertiary/aromatic N) is 4. The first kappa shape index (κ1) is 17.7. The quantitative estimate of drug-likeness (QED) is 0.827. The molecule has 0 N–H and O–H groups in total. The van der Waals surface area contributed by atoms with Crippen LogP contribution in [0.15, 0.2) is 12.4 Å². The number of amides is 1. The highest BCUT2D eigenvalue weighted by atomic mass is 16.5. The van der Waals surface area contributed by atoms with Gasteiger partial charge in [-0.05, 0) is 56.5 Å². The van der Waals surface area contributed by atoms with Crippen LogP contribution < -0.4 is 4.74 Å². The molecule has 6 heteroatoms. The lowest BCUT2D eigenvalue weighted by Crippen LogP contribution is -2.33. The highest BCUT2D eigenvalue weighted by Crippen LogP contribution is 2.33. The van der Waals surface area contributed by atoms with Gasteiger partial charge in [0, 0.05) is 19.6 Å². The lowest BCUT2D eigenvalue weighted by molar-refractivity contribution is 0.0773. The summed E-state index contributed by atoms with van der Waals surface area (Å²) in [6.07, 6.45) is 11.2. The highest BCUT2D eigenvalue weighted by Gasteiger charge is 2.37. The Morgan fingerprint density at radius 3 is 2.35 bits per heavy atom. The second-order valence-corrected chi connectivity index (χ2v) is 8.20. The van der Waals surface area contributed by atoms with Crippen LogP contribution in [0.25, 0.3) is 0 Å². The molecule has 0 bridgehead atoms. The summed E-state index contributed by atoms with van der Waals surface area (Å²) in [5.74, 6) is 2.66. The van der Waals surface area contributed by atoms with Crippen LogP contribution in [-0.2, 0) is 0 Å². The van der Waals surface area contributed by atoms with Crippen molar-refractivity contribution in [2.45, 2.75) is 38.5 Å². The normalized spacial score (nSPS) is 27.3. The monoisotopic (exact) mass is 358 g/mol. The van der Waals surface area contributed by atoms with Gasteiger partial charge in [-0.3, -0.25) is 4.79 Å².